The number of nitrogens with one attached hydrogen (secondary N) is 1. The second-order valence-electron chi connectivity index (χ2n) is 11.7. The molecule has 2 unspecified atom stereocenters. The number of aliphatic imine (C=N–C) groups is 3. The third kappa shape index (κ3) is 4.30. The summed E-state index contributed by atoms with van der Waals surface area (Å²) in [7, 11) is 0. The van der Waals surface area contributed by atoms with E-state index in [1.807, 2.05) is 42.6 Å². The summed E-state index contributed by atoms with van der Waals surface area (Å²) in [4.78, 5) is 16.9. The van der Waals surface area contributed by atoms with Crippen molar-refractivity contribution in [1.82, 2.24) is 5.32 Å². The molecule has 8 rings (SSSR count). The predicted molar refractivity (Wildman–Crippen MR) is 187 cm³/mol. The monoisotopic (exact) mass is 592 g/mol. The Morgan fingerprint density at radius 3 is 1.30 bits per heavy atom. The molecule has 46 heavy (non-hydrogen) atoms. The average molecular weight is 593 g/mol. The van der Waals surface area contributed by atoms with Crippen molar-refractivity contribution >= 4 is 17.6 Å². The van der Waals surface area contributed by atoms with Crippen LogP contribution < -0.4 is 5.32 Å². The van der Waals surface area contributed by atoms with Crippen LogP contribution >= 0.6 is 0 Å². The van der Waals surface area contributed by atoms with E-state index < -0.39 is 16.9 Å². The molecular formula is C42H32N4. The minimum Gasteiger partial charge on any atom is -0.267 e. The van der Waals surface area contributed by atoms with E-state index in [0.717, 1.165) is 44.8 Å². The van der Waals surface area contributed by atoms with Crippen LogP contribution in [0.1, 0.15) is 33.4 Å². The third-order valence-corrected chi connectivity index (χ3v) is 9.06. The van der Waals surface area contributed by atoms with Crippen LogP contribution in [0.5, 0.6) is 0 Å². The Kier molecular flexibility index (Phi) is 6.85. The lowest BCUT2D eigenvalue weighted by molar-refractivity contribution is 0.180. The van der Waals surface area contributed by atoms with Crippen LogP contribution in [0.4, 0.5) is 0 Å². The van der Waals surface area contributed by atoms with Gasteiger partial charge in [0.1, 0.15) is 5.54 Å². The van der Waals surface area contributed by atoms with E-state index in [0.29, 0.717) is 0 Å². The molecule has 0 aliphatic carbocycles. The summed E-state index contributed by atoms with van der Waals surface area (Å²) < 4.78 is 0. The van der Waals surface area contributed by atoms with Crippen LogP contribution in [-0.4, -0.2) is 17.6 Å². The first kappa shape index (κ1) is 27.8. The normalized spacial score (nSPS) is 21.5. The molecule has 0 saturated carbocycles. The quantitative estimate of drug-likeness (QED) is 0.199. The zero-order chi connectivity index (χ0) is 30.9. The van der Waals surface area contributed by atoms with Gasteiger partial charge in [-0.25, -0.2) is 4.99 Å². The first-order valence-corrected chi connectivity index (χ1v) is 15.6. The Balaban J connectivity index is 1.51. The summed E-state index contributed by atoms with van der Waals surface area (Å²) in [5.74, 6) is 0. The highest BCUT2D eigenvalue weighted by Crippen LogP contribution is 2.55. The van der Waals surface area contributed by atoms with Crippen molar-refractivity contribution in [2.45, 2.75) is 16.9 Å². The van der Waals surface area contributed by atoms with Crippen LogP contribution in [0.25, 0.3) is 0 Å². The summed E-state index contributed by atoms with van der Waals surface area (Å²) >= 11 is 0. The second kappa shape index (κ2) is 11.3. The summed E-state index contributed by atoms with van der Waals surface area (Å²) in [5.41, 5.74) is 4.66. The molecule has 6 aromatic carbocycles. The summed E-state index contributed by atoms with van der Waals surface area (Å²) in [6, 6.07) is 62.8. The van der Waals surface area contributed by atoms with E-state index >= 15 is 0 Å². The number of hydrogen-bond donors (Lipinski definition) is 1. The van der Waals surface area contributed by atoms with Gasteiger partial charge in [-0.1, -0.05) is 182 Å². The molecule has 4 heteroatoms. The molecule has 0 fully saturated rings. The number of rotatable bonds is 7. The summed E-state index contributed by atoms with van der Waals surface area (Å²) in [6.07, 6.45) is 1.91. The van der Waals surface area contributed by atoms with Crippen LogP contribution in [0, 0.1) is 0 Å². The van der Waals surface area contributed by atoms with E-state index in [-0.39, 0.29) is 0 Å². The summed E-state index contributed by atoms with van der Waals surface area (Å²) in [5, 5.41) is 4.24. The van der Waals surface area contributed by atoms with E-state index in [9.17, 15) is 0 Å². The van der Waals surface area contributed by atoms with Gasteiger partial charge >= 0.3 is 0 Å². The van der Waals surface area contributed by atoms with E-state index in [4.69, 9.17) is 15.0 Å². The Labute approximate surface area is 269 Å². The molecule has 2 aliphatic rings. The van der Waals surface area contributed by atoms with Gasteiger partial charge < -0.3 is 0 Å². The molecule has 1 N–H and O–H groups in total. The van der Waals surface area contributed by atoms with Crippen molar-refractivity contribution in [3.8, 4) is 0 Å². The van der Waals surface area contributed by atoms with Gasteiger partial charge in [0.25, 0.3) is 0 Å². The highest BCUT2D eigenvalue weighted by Gasteiger charge is 2.64. The van der Waals surface area contributed by atoms with Gasteiger partial charge in [0.2, 0.25) is 5.66 Å². The van der Waals surface area contributed by atoms with Crippen molar-refractivity contribution in [3.63, 3.8) is 0 Å². The van der Waals surface area contributed by atoms with Gasteiger partial charge in [-0.15, -0.1) is 0 Å². The maximum atomic E-state index is 5.91. The molecule has 0 bridgehead atoms. The van der Waals surface area contributed by atoms with Gasteiger partial charge in [-0.3, -0.25) is 15.3 Å². The molecule has 0 radical (unpaired) electrons. The van der Waals surface area contributed by atoms with Gasteiger partial charge in [0, 0.05) is 11.1 Å². The lowest BCUT2D eigenvalue weighted by Crippen LogP contribution is -2.59. The first-order valence-electron chi connectivity index (χ1n) is 15.6. The highest BCUT2D eigenvalue weighted by atomic mass is 15.4. The lowest BCUT2D eigenvalue weighted by atomic mass is 9.75. The van der Waals surface area contributed by atoms with Gasteiger partial charge in [-0.05, 0) is 22.3 Å². The molecule has 4 nitrogen and oxygen atoms in total. The number of hydrogen-bond acceptors (Lipinski definition) is 4. The van der Waals surface area contributed by atoms with E-state index in [2.05, 4.69) is 151 Å². The lowest BCUT2D eigenvalue weighted by Gasteiger charge is -2.44. The van der Waals surface area contributed by atoms with Crippen LogP contribution in [-0.2, 0) is 16.9 Å². The zero-order valence-corrected chi connectivity index (χ0v) is 25.2. The molecule has 2 aliphatic heterocycles. The fraction of sp³-hybridized carbons (Fsp3) is 0.0714. The standard InChI is InChI=1S/C42H32N4/c1-7-19-32(20-8-1)38-31-43-41(44-38,36-27-15-5-16-28-36)42(37-29-17-6-18-30-37)45-39(33-21-9-2-10-22-33)40(46-42,34-23-11-3-12-24-34)35-25-13-4-14-26-35/h1-31,46H. The van der Waals surface area contributed by atoms with Gasteiger partial charge in [0.05, 0.1) is 17.6 Å². The van der Waals surface area contributed by atoms with Crippen molar-refractivity contribution in [2.24, 2.45) is 15.0 Å². The molecule has 0 amide bonds. The smallest absolute Gasteiger partial charge is 0.218 e. The van der Waals surface area contributed by atoms with E-state index in [1.54, 1.807) is 0 Å². The third-order valence-electron chi connectivity index (χ3n) is 9.06. The van der Waals surface area contributed by atoms with Crippen molar-refractivity contribution in [2.75, 3.05) is 0 Å². The minimum atomic E-state index is -1.17. The Hall–Kier alpha value is -5.71. The molecule has 2 heterocycles. The highest BCUT2D eigenvalue weighted by molar-refractivity contribution is 6.39. The van der Waals surface area contributed by atoms with Crippen LogP contribution in [0.3, 0.4) is 0 Å². The maximum Gasteiger partial charge on any atom is 0.218 e. The molecule has 0 spiro atoms. The first-order chi connectivity index (χ1) is 22.8. The fourth-order valence-corrected chi connectivity index (χ4v) is 6.96. The van der Waals surface area contributed by atoms with E-state index in [1.165, 1.54) is 0 Å². The molecular weight excluding hydrogens is 560 g/mol. The van der Waals surface area contributed by atoms with Gasteiger partial charge in [0.15, 0.2) is 5.66 Å². The summed E-state index contributed by atoms with van der Waals surface area (Å²) in [6.45, 7) is 0. The minimum absolute atomic E-state index is 0.815. The SMILES string of the molecule is C1=NC(c2ccccc2)(C2(c3ccccc3)N=C(c3ccccc3)C(c3ccccc3)(c3ccccc3)N2)N=C1c1ccccc1. The van der Waals surface area contributed by atoms with Crippen molar-refractivity contribution < 1.29 is 0 Å². The average Bonchev–Trinajstić information content (AvgIpc) is 3.78. The molecule has 0 saturated heterocycles. The Morgan fingerprint density at radius 2 is 0.804 bits per heavy atom. The molecule has 6 aromatic rings. The van der Waals surface area contributed by atoms with Crippen LogP contribution in [0.2, 0.25) is 0 Å². The molecule has 2 atom stereocenters. The topological polar surface area (TPSA) is 49.1 Å². The molecule has 0 aromatic heterocycles. The maximum absolute atomic E-state index is 5.91. The van der Waals surface area contributed by atoms with Crippen molar-refractivity contribution in [3.05, 3.63) is 215 Å². The predicted octanol–water partition coefficient (Wildman–Crippen LogP) is 8.30. The fourth-order valence-electron chi connectivity index (χ4n) is 6.96. The molecule has 220 valence electrons. The number of benzene rings is 6. The van der Waals surface area contributed by atoms with Gasteiger partial charge in [-0.2, -0.15) is 0 Å². The Bertz CT molecular complexity index is 2000. The zero-order valence-electron chi connectivity index (χ0n) is 25.2. The Morgan fingerprint density at radius 1 is 0.391 bits per heavy atom. The largest absolute Gasteiger partial charge is 0.267 e. The van der Waals surface area contributed by atoms with Crippen molar-refractivity contribution in [1.29, 1.82) is 0 Å². The van der Waals surface area contributed by atoms with Crippen LogP contribution in [0.15, 0.2) is 197 Å². The number of nitrogens with zero attached hydrogens (tertiary/aromatic N) is 3. The second-order valence-corrected chi connectivity index (χ2v) is 11.7.